The molecule has 7 atom stereocenters. The summed E-state index contributed by atoms with van der Waals surface area (Å²) in [6.07, 6.45) is 9.97. The van der Waals surface area contributed by atoms with Gasteiger partial charge in [-0.1, -0.05) is 43.7 Å². The summed E-state index contributed by atoms with van der Waals surface area (Å²) in [4.78, 5) is 12.5. The van der Waals surface area contributed by atoms with Crippen molar-refractivity contribution < 1.29 is 19.4 Å². The first-order chi connectivity index (χ1) is 14.4. The highest BCUT2D eigenvalue weighted by Crippen LogP contribution is 2.65. The molecule has 0 saturated heterocycles. The fourth-order valence-electron chi connectivity index (χ4n) is 7.58. The maximum atomic E-state index is 12.5. The Morgan fingerprint density at radius 1 is 1.00 bits per heavy atom. The van der Waals surface area contributed by atoms with Crippen LogP contribution in [0.2, 0.25) is 0 Å². The van der Waals surface area contributed by atoms with E-state index in [4.69, 9.17) is 9.47 Å². The fourth-order valence-corrected chi connectivity index (χ4v) is 7.58. The van der Waals surface area contributed by atoms with Crippen LogP contribution >= 0.6 is 0 Å². The van der Waals surface area contributed by atoms with Crippen LogP contribution in [0.3, 0.4) is 0 Å². The lowest BCUT2D eigenvalue weighted by atomic mass is 9.47. The van der Waals surface area contributed by atoms with Gasteiger partial charge >= 0.3 is 6.16 Å². The van der Waals surface area contributed by atoms with Crippen LogP contribution in [0.4, 0.5) is 4.79 Å². The van der Waals surface area contributed by atoms with Crippen LogP contribution in [0.1, 0.15) is 65.2 Å². The van der Waals surface area contributed by atoms with Gasteiger partial charge in [0.15, 0.2) is 0 Å². The molecule has 1 aromatic rings. The van der Waals surface area contributed by atoms with Gasteiger partial charge in [0, 0.05) is 5.41 Å². The third kappa shape index (κ3) is 3.19. The quantitative estimate of drug-likeness (QED) is 0.375. The minimum absolute atomic E-state index is 0.0443. The molecule has 162 valence electrons. The molecule has 4 heteroatoms. The molecule has 0 heterocycles. The van der Waals surface area contributed by atoms with Gasteiger partial charge in [0.25, 0.3) is 0 Å². The number of ether oxygens (including phenoxy) is 2. The van der Waals surface area contributed by atoms with Crippen molar-refractivity contribution in [3.8, 4) is 5.75 Å². The predicted octanol–water partition coefficient (Wildman–Crippen LogP) is 5.89. The maximum absolute atomic E-state index is 12.5. The van der Waals surface area contributed by atoms with E-state index in [0.29, 0.717) is 23.5 Å². The molecule has 30 heavy (non-hydrogen) atoms. The van der Waals surface area contributed by atoms with Crippen molar-refractivity contribution >= 4 is 6.16 Å². The molecule has 4 aliphatic carbocycles. The number of benzene rings is 1. The minimum Gasteiger partial charge on any atom is -0.430 e. The molecule has 4 nitrogen and oxygen atoms in total. The van der Waals surface area contributed by atoms with Crippen molar-refractivity contribution in [1.29, 1.82) is 0 Å². The predicted molar refractivity (Wildman–Crippen MR) is 115 cm³/mol. The summed E-state index contributed by atoms with van der Waals surface area (Å²) in [6.45, 7) is 4.80. The summed E-state index contributed by atoms with van der Waals surface area (Å²) in [5.41, 5.74) is 1.79. The van der Waals surface area contributed by atoms with Gasteiger partial charge in [-0.2, -0.15) is 0 Å². The fraction of sp³-hybridized carbons (Fsp3) is 0.654. The van der Waals surface area contributed by atoms with Gasteiger partial charge in [-0.15, -0.1) is 0 Å². The van der Waals surface area contributed by atoms with Gasteiger partial charge in [0.05, 0.1) is 6.10 Å². The second-order valence-electron chi connectivity index (χ2n) is 10.5. The lowest BCUT2D eigenvalue weighted by molar-refractivity contribution is -0.0837. The monoisotopic (exact) mass is 410 g/mol. The number of hydrogen-bond acceptors (Lipinski definition) is 4. The molecule has 1 aromatic carbocycles. The normalized spacial score (nSPS) is 42.4. The summed E-state index contributed by atoms with van der Waals surface area (Å²) < 4.78 is 11.3. The van der Waals surface area contributed by atoms with Gasteiger partial charge in [0.1, 0.15) is 11.9 Å². The van der Waals surface area contributed by atoms with Crippen LogP contribution in [0.25, 0.3) is 0 Å². The number of fused-ring (bicyclic) bond motifs is 5. The zero-order chi connectivity index (χ0) is 20.9. The van der Waals surface area contributed by atoms with E-state index in [1.165, 1.54) is 18.4 Å². The number of allylic oxidation sites excluding steroid dienone is 1. The molecule has 5 rings (SSSR count). The van der Waals surface area contributed by atoms with Crippen molar-refractivity contribution in [1.82, 2.24) is 0 Å². The summed E-state index contributed by atoms with van der Waals surface area (Å²) in [5.74, 6) is 2.53. The third-order valence-electron chi connectivity index (χ3n) is 9.18. The Morgan fingerprint density at radius 2 is 1.80 bits per heavy atom. The van der Waals surface area contributed by atoms with Crippen LogP contribution in [0, 0.1) is 28.6 Å². The van der Waals surface area contributed by atoms with E-state index in [0.717, 1.165) is 38.5 Å². The van der Waals surface area contributed by atoms with Crippen LogP contribution in [-0.2, 0) is 4.74 Å². The first kappa shape index (κ1) is 20.1. The molecule has 0 aliphatic heterocycles. The van der Waals surface area contributed by atoms with Gasteiger partial charge in [0.2, 0.25) is 0 Å². The molecule has 3 saturated carbocycles. The molecule has 0 spiro atoms. The van der Waals surface area contributed by atoms with Crippen LogP contribution < -0.4 is 4.74 Å². The Hall–Kier alpha value is -1.81. The van der Waals surface area contributed by atoms with E-state index in [1.54, 1.807) is 12.1 Å². The SMILES string of the molecule is C[C@]12CC[C@H]3[C@@H](CCC4=C[C@H](O)CC[C@@]43C)[C@@H]1CC[C@@H]2OC(=O)Oc1ccccc1. The molecular weight excluding hydrogens is 376 g/mol. The standard InChI is InChI=1S/C26H34O4/c1-25-14-12-18(27)16-17(25)8-9-20-21-10-11-23(26(21,2)15-13-22(20)25)30-24(28)29-19-6-4-3-5-7-19/h3-7,16,18,20-23,27H,8-15H2,1-2H3/t18-,20+,21+,22+,23+,25+,26+/m1/s1. The third-order valence-corrected chi connectivity index (χ3v) is 9.18. The molecule has 0 bridgehead atoms. The van der Waals surface area contributed by atoms with E-state index in [1.807, 2.05) is 18.2 Å². The van der Waals surface area contributed by atoms with Crippen molar-refractivity contribution in [2.24, 2.45) is 28.6 Å². The van der Waals surface area contributed by atoms with Gasteiger partial charge in [-0.3, -0.25) is 0 Å². The smallest absolute Gasteiger partial charge is 0.430 e. The van der Waals surface area contributed by atoms with E-state index < -0.39 is 6.16 Å². The molecule has 0 unspecified atom stereocenters. The zero-order valence-electron chi connectivity index (χ0n) is 18.2. The van der Waals surface area contributed by atoms with Crippen molar-refractivity contribution in [2.75, 3.05) is 0 Å². The van der Waals surface area contributed by atoms with Crippen LogP contribution in [0.5, 0.6) is 5.75 Å². The van der Waals surface area contributed by atoms with E-state index in [-0.39, 0.29) is 23.0 Å². The molecule has 4 aliphatic rings. The average Bonchev–Trinajstić information content (AvgIpc) is 3.05. The first-order valence-electron chi connectivity index (χ1n) is 11.7. The second kappa shape index (κ2) is 7.40. The molecule has 3 fully saturated rings. The number of aliphatic hydroxyl groups is 1. The number of hydrogen-bond donors (Lipinski definition) is 1. The lowest BCUT2D eigenvalue weighted by Gasteiger charge is -2.58. The number of para-hydroxylation sites is 1. The Morgan fingerprint density at radius 3 is 2.60 bits per heavy atom. The van der Waals surface area contributed by atoms with Crippen molar-refractivity contribution in [3.05, 3.63) is 42.0 Å². The topological polar surface area (TPSA) is 55.8 Å². The van der Waals surface area contributed by atoms with Crippen molar-refractivity contribution in [3.63, 3.8) is 0 Å². The largest absolute Gasteiger partial charge is 0.514 e. The Labute approximate surface area is 179 Å². The average molecular weight is 411 g/mol. The first-order valence-corrected chi connectivity index (χ1v) is 11.7. The highest BCUT2D eigenvalue weighted by atomic mass is 16.7. The van der Waals surface area contributed by atoms with Crippen LogP contribution in [-0.4, -0.2) is 23.5 Å². The van der Waals surface area contributed by atoms with Gasteiger partial charge in [-0.05, 0) is 86.7 Å². The highest BCUT2D eigenvalue weighted by Gasteiger charge is 2.60. The maximum Gasteiger partial charge on any atom is 0.514 e. The molecule has 1 N–H and O–H groups in total. The molecule has 0 radical (unpaired) electrons. The van der Waals surface area contributed by atoms with E-state index >= 15 is 0 Å². The van der Waals surface area contributed by atoms with Crippen LogP contribution in [0.15, 0.2) is 42.0 Å². The number of carbonyl (C=O) groups is 1. The lowest BCUT2D eigenvalue weighted by Crippen LogP contribution is -2.52. The minimum atomic E-state index is -0.572. The Bertz CT molecular complexity index is 833. The second-order valence-corrected chi connectivity index (χ2v) is 10.5. The summed E-state index contributed by atoms with van der Waals surface area (Å²) >= 11 is 0. The number of rotatable bonds is 2. The Kier molecular flexibility index (Phi) is 4.96. The summed E-state index contributed by atoms with van der Waals surface area (Å²) in [7, 11) is 0. The van der Waals surface area contributed by atoms with Crippen molar-refractivity contribution in [2.45, 2.75) is 77.4 Å². The zero-order valence-corrected chi connectivity index (χ0v) is 18.2. The van der Waals surface area contributed by atoms with E-state index in [2.05, 4.69) is 19.9 Å². The van der Waals surface area contributed by atoms with Gasteiger partial charge in [-0.25, -0.2) is 4.79 Å². The molecular formula is C26H34O4. The number of carbonyl (C=O) groups excluding carboxylic acids is 1. The summed E-state index contributed by atoms with van der Waals surface area (Å²) in [5, 5.41) is 10.1. The number of aliphatic hydroxyl groups excluding tert-OH is 1. The summed E-state index contributed by atoms with van der Waals surface area (Å²) in [6, 6.07) is 9.17. The van der Waals surface area contributed by atoms with E-state index in [9.17, 15) is 9.90 Å². The highest BCUT2D eigenvalue weighted by molar-refractivity contribution is 5.64. The Balaban J connectivity index is 1.31. The van der Waals surface area contributed by atoms with Gasteiger partial charge < -0.3 is 14.6 Å². The molecule has 0 aromatic heterocycles. The molecule has 0 amide bonds.